The van der Waals surface area contributed by atoms with E-state index in [9.17, 15) is 17.6 Å². The highest BCUT2D eigenvalue weighted by atomic mass is 19.4. The zero-order valence-electron chi connectivity index (χ0n) is 13.6. The van der Waals surface area contributed by atoms with Crippen LogP contribution in [0.2, 0.25) is 0 Å². The number of rotatable bonds is 5. The molecular formula is C17H24F4N2. The number of benzene rings is 1. The Morgan fingerprint density at radius 3 is 2.43 bits per heavy atom. The first kappa shape index (κ1) is 18.2. The first-order valence-electron chi connectivity index (χ1n) is 8.08. The smallest absolute Gasteiger partial charge is 0.317 e. The summed E-state index contributed by atoms with van der Waals surface area (Å²) in [6.07, 6.45) is -2.78. The highest BCUT2D eigenvalue weighted by molar-refractivity contribution is 5.31. The maximum atomic E-state index is 14.1. The summed E-state index contributed by atoms with van der Waals surface area (Å²) in [5, 5.41) is 3.25. The van der Waals surface area contributed by atoms with Crippen LogP contribution in [-0.2, 0) is 12.7 Å². The van der Waals surface area contributed by atoms with Gasteiger partial charge in [-0.25, -0.2) is 4.39 Å². The molecule has 0 bridgehead atoms. The summed E-state index contributed by atoms with van der Waals surface area (Å²) in [5.74, 6) is -0.464. The van der Waals surface area contributed by atoms with Crippen LogP contribution in [0.1, 0.15) is 37.8 Å². The molecule has 0 aliphatic carbocycles. The van der Waals surface area contributed by atoms with E-state index in [4.69, 9.17) is 0 Å². The third kappa shape index (κ3) is 4.91. The summed E-state index contributed by atoms with van der Waals surface area (Å²) >= 11 is 0. The van der Waals surface area contributed by atoms with Crippen molar-refractivity contribution in [3.05, 3.63) is 35.1 Å². The Kier molecular flexibility index (Phi) is 6.03. The van der Waals surface area contributed by atoms with Crippen LogP contribution in [0.3, 0.4) is 0 Å². The zero-order valence-corrected chi connectivity index (χ0v) is 13.6. The van der Waals surface area contributed by atoms with Gasteiger partial charge in [-0.05, 0) is 44.0 Å². The Morgan fingerprint density at radius 2 is 1.87 bits per heavy atom. The molecule has 1 aliphatic rings. The SMILES string of the molecule is CC(C)CN(Cc1c(F)cccc1C(F)(F)F)C1CCNCC1. The van der Waals surface area contributed by atoms with E-state index in [0.717, 1.165) is 44.1 Å². The molecular weight excluding hydrogens is 308 g/mol. The molecule has 2 rings (SSSR count). The lowest BCUT2D eigenvalue weighted by Gasteiger charge is -2.36. The molecule has 0 spiro atoms. The van der Waals surface area contributed by atoms with E-state index in [0.29, 0.717) is 12.5 Å². The Morgan fingerprint density at radius 1 is 1.22 bits per heavy atom. The van der Waals surface area contributed by atoms with Crippen molar-refractivity contribution in [1.29, 1.82) is 0 Å². The van der Waals surface area contributed by atoms with Crippen molar-refractivity contribution in [2.24, 2.45) is 5.92 Å². The lowest BCUT2D eigenvalue weighted by atomic mass is 10.00. The number of nitrogens with zero attached hydrogens (tertiary/aromatic N) is 1. The van der Waals surface area contributed by atoms with E-state index in [2.05, 4.69) is 5.32 Å². The van der Waals surface area contributed by atoms with Crippen LogP contribution in [-0.4, -0.2) is 30.6 Å². The van der Waals surface area contributed by atoms with Crippen molar-refractivity contribution in [3.63, 3.8) is 0 Å². The van der Waals surface area contributed by atoms with Gasteiger partial charge in [0, 0.05) is 24.7 Å². The van der Waals surface area contributed by atoms with E-state index >= 15 is 0 Å². The van der Waals surface area contributed by atoms with Crippen LogP contribution in [0, 0.1) is 11.7 Å². The molecule has 1 heterocycles. The molecule has 1 aromatic carbocycles. The second-order valence-electron chi connectivity index (χ2n) is 6.57. The molecule has 0 amide bonds. The molecule has 0 aromatic heterocycles. The second-order valence-corrected chi connectivity index (χ2v) is 6.57. The van der Waals surface area contributed by atoms with Gasteiger partial charge in [-0.1, -0.05) is 19.9 Å². The third-order valence-corrected chi connectivity index (χ3v) is 4.21. The molecule has 1 N–H and O–H groups in total. The molecule has 0 saturated carbocycles. The highest BCUT2D eigenvalue weighted by Crippen LogP contribution is 2.34. The monoisotopic (exact) mass is 332 g/mol. The lowest BCUT2D eigenvalue weighted by Crippen LogP contribution is -2.44. The standard InChI is InChI=1S/C17H24F4N2/c1-12(2)10-23(13-6-8-22-9-7-13)11-14-15(17(19,20)21)4-3-5-16(14)18/h3-5,12-13,22H,6-11H2,1-2H3. The summed E-state index contributed by atoms with van der Waals surface area (Å²) in [5.41, 5.74) is -1.10. The number of nitrogens with one attached hydrogen (secondary N) is 1. The molecule has 1 fully saturated rings. The van der Waals surface area contributed by atoms with Gasteiger partial charge in [0.15, 0.2) is 0 Å². The summed E-state index contributed by atoms with van der Waals surface area (Å²) < 4.78 is 53.7. The lowest BCUT2D eigenvalue weighted by molar-refractivity contribution is -0.138. The quantitative estimate of drug-likeness (QED) is 0.818. The molecule has 0 radical (unpaired) electrons. The fourth-order valence-corrected chi connectivity index (χ4v) is 3.17. The maximum absolute atomic E-state index is 14.1. The average molecular weight is 332 g/mol. The Hall–Kier alpha value is -1.14. The first-order valence-corrected chi connectivity index (χ1v) is 8.08. The van der Waals surface area contributed by atoms with E-state index in [1.807, 2.05) is 18.7 Å². The van der Waals surface area contributed by atoms with Gasteiger partial charge in [-0.2, -0.15) is 13.2 Å². The van der Waals surface area contributed by atoms with Gasteiger partial charge in [0.25, 0.3) is 0 Å². The molecule has 23 heavy (non-hydrogen) atoms. The van der Waals surface area contributed by atoms with E-state index in [1.165, 1.54) is 0 Å². The van der Waals surface area contributed by atoms with Crippen LogP contribution < -0.4 is 5.32 Å². The normalized spacial score (nSPS) is 17.2. The average Bonchev–Trinajstić information content (AvgIpc) is 2.47. The molecule has 1 aliphatic heterocycles. The minimum atomic E-state index is -4.53. The van der Waals surface area contributed by atoms with Crippen molar-refractivity contribution in [3.8, 4) is 0 Å². The summed E-state index contributed by atoms with van der Waals surface area (Å²) in [6.45, 7) is 6.42. The molecule has 6 heteroatoms. The topological polar surface area (TPSA) is 15.3 Å². The Balaban J connectivity index is 2.28. The van der Waals surface area contributed by atoms with Gasteiger partial charge in [-0.15, -0.1) is 0 Å². The number of alkyl halides is 3. The largest absolute Gasteiger partial charge is 0.416 e. The van der Waals surface area contributed by atoms with Crippen LogP contribution in [0.15, 0.2) is 18.2 Å². The van der Waals surface area contributed by atoms with Gasteiger partial charge in [-0.3, -0.25) is 4.90 Å². The molecule has 0 atom stereocenters. The number of piperidine rings is 1. The number of halogens is 4. The maximum Gasteiger partial charge on any atom is 0.416 e. The highest BCUT2D eigenvalue weighted by Gasteiger charge is 2.35. The summed E-state index contributed by atoms with van der Waals surface area (Å²) in [6, 6.07) is 3.40. The van der Waals surface area contributed by atoms with Gasteiger partial charge >= 0.3 is 6.18 Å². The van der Waals surface area contributed by atoms with Crippen molar-refractivity contribution in [1.82, 2.24) is 10.2 Å². The van der Waals surface area contributed by atoms with E-state index < -0.39 is 17.6 Å². The van der Waals surface area contributed by atoms with Crippen LogP contribution in [0.25, 0.3) is 0 Å². The predicted octanol–water partition coefficient (Wildman–Crippen LogP) is 4.05. The van der Waals surface area contributed by atoms with Gasteiger partial charge < -0.3 is 5.32 Å². The fraction of sp³-hybridized carbons (Fsp3) is 0.647. The van der Waals surface area contributed by atoms with Gasteiger partial charge in [0.1, 0.15) is 5.82 Å². The second kappa shape index (κ2) is 7.62. The van der Waals surface area contributed by atoms with Crippen molar-refractivity contribution in [2.75, 3.05) is 19.6 Å². The minimum absolute atomic E-state index is 0.00433. The Labute approximate surface area is 134 Å². The van der Waals surface area contributed by atoms with E-state index in [1.54, 1.807) is 0 Å². The van der Waals surface area contributed by atoms with Crippen LogP contribution in [0.5, 0.6) is 0 Å². The third-order valence-electron chi connectivity index (χ3n) is 4.21. The molecule has 2 nitrogen and oxygen atoms in total. The van der Waals surface area contributed by atoms with Crippen molar-refractivity contribution in [2.45, 2.75) is 45.5 Å². The van der Waals surface area contributed by atoms with Crippen molar-refractivity contribution < 1.29 is 17.6 Å². The minimum Gasteiger partial charge on any atom is -0.317 e. The summed E-state index contributed by atoms with van der Waals surface area (Å²) in [4.78, 5) is 2.01. The molecule has 0 unspecified atom stereocenters. The first-order chi connectivity index (χ1) is 10.8. The van der Waals surface area contributed by atoms with E-state index in [-0.39, 0.29) is 18.2 Å². The van der Waals surface area contributed by atoms with Gasteiger partial charge in [0.05, 0.1) is 5.56 Å². The van der Waals surface area contributed by atoms with Crippen molar-refractivity contribution >= 4 is 0 Å². The van der Waals surface area contributed by atoms with Gasteiger partial charge in [0.2, 0.25) is 0 Å². The molecule has 130 valence electrons. The predicted molar refractivity (Wildman–Crippen MR) is 82.5 cm³/mol. The van der Waals surface area contributed by atoms with Crippen LogP contribution in [0.4, 0.5) is 17.6 Å². The zero-order chi connectivity index (χ0) is 17.0. The number of hydrogen-bond donors (Lipinski definition) is 1. The number of hydrogen-bond acceptors (Lipinski definition) is 2. The molecule has 1 saturated heterocycles. The summed E-state index contributed by atoms with van der Waals surface area (Å²) in [7, 11) is 0. The Bertz CT molecular complexity index is 508. The fourth-order valence-electron chi connectivity index (χ4n) is 3.17. The molecule has 1 aromatic rings. The van der Waals surface area contributed by atoms with Crippen LogP contribution >= 0.6 is 0 Å².